The van der Waals surface area contributed by atoms with E-state index in [1.165, 1.54) is 32.0 Å². The van der Waals surface area contributed by atoms with Gasteiger partial charge in [0.2, 0.25) is 0 Å². The number of alkyl halides is 1. The molecule has 2 nitrogen and oxygen atoms in total. The highest BCUT2D eigenvalue weighted by Gasteiger charge is 2.18. The number of halogens is 1. The van der Waals surface area contributed by atoms with Crippen LogP contribution in [0, 0.1) is 0 Å². The zero-order chi connectivity index (χ0) is 10.1. The molecule has 1 unspecified atom stereocenters. The molecule has 72 valence electrons. The molecule has 1 aromatic carbocycles. The first-order valence-electron chi connectivity index (χ1n) is 3.80. The number of rotatable bonds is 2. The van der Waals surface area contributed by atoms with Gasteiger partial charge in [-0.3, -0.25) is 4.21 Å². The summed E-state index contributed by atoms with van der Waals surface area (Å²) in [5.74, 6) is 0. The van der Waals surface area contributed by atoms with E-state index in [1.54, 1.807) is 6.07 Å². The van der Waals surface area contributed by atoms with E-state index in [-0.39, 0.29) is 4.90 Å². The first-order valence-corrected chi connectivity index (χ1v) is 4.87. The van der Waals surface area contributed by atoms with Crippen molar-refractivity contribution in [1.29, 1.82) is 0 Å². The van der Waals surface area contributed by atoms with Crippen molar-refractivity contribution in [2.45, 2.75) is 24.4 Å². The molecule has 0 bridgehead atoms. The first kappa shape index (κ1) is 10.3. The summed E-state index contributed by atoms with van der Waals surface area (Å²) in [6.07, 6.45) is 0. The van der Waals surface area contributed by atoms with Crippen LogP contribution in [-0.2, 0) is 16.7 Å². The molecule has 1 rings (SSSR count). The molecular weight excluding hydrogens is 191 g/mol. The van der Waals surface area contributed by atoms with Gasteiger partial charge >= 0.3 is 0 Å². The number of hydrogen-bond donors (Lipinski definition) is 0. The molecule has 13 heavy (non-hydrogen) atoms. The second-order valence-corrected chi connectivity index (χ2v) is 4.18. The fourth-order valence-electron chi connectivity index (χ4n) is 0.970. The Balaban J connectivity index is 3.13. The van der Waals surface area contributed by atoms with Crippen LogP contribution < -0.4 is 0 Å². The summed E-state index contributed by atoms with van der Waals surface area (Å²) >= 11 is -2.29. The van der Waals surface area contributed by atoms with Gasteiger partial charge in [0.15, 0.2) is 0 Å². The van der Waals surface area contributed by atoms with Gasteiger partial charge < -0.3 is 4.55 Å². The van der Waals surface area contributed by atoms with Crippen LogP contribution in [0.2, 0.25) is 0 Å². The van der Waals surface area contributed by atoms with Crippen LogP contribution in [0.5, 0.6) is 0 Å². The molecule has 4 heteroatoms. The van der Waals surface area contributed by atoms with Crippen LogP contribution in [0.15, 0.2) is 29.2 Å². The Labute approximate surface area is 79.1 Å². The van der Waals surface area contributed by atoms with Gasteiger partial charge in [-0.25, -0.2) is 4.39 Å². The summed E-state index contributed by atoms with van der Waals surface area (Å²) < 4.78 is 34.5. The summed E-state index contributed by atoms with van der Waals surface area (Å²) in [5, 5.41) is 0. The van der Waals surface area contributed by atoms with Gasteiger partial charge in [-0.15, -0.1) is 0 Å². The Hall–Kier alpha value is -0.740. The van der Waals surface area contributed by atoms with Gasteiger partial charge in [0.1, 0.15) is 5.67 Å². The Morgan fingerprint density at radius 2 is 2.08 bits per heavy atom. The summed E-state index contributed by atoms with van der Waals surface area (Å²) in [6, 6.07) is 5.86. The Morgan fingerprint density at radius 3 is 2.54 bits per heavy atom. The molecule has 0 radical (unpaired) electrons. The van der Waals surface area contributed by atoms with E-state index in [9.17, 15) is 13.2 Å². The maximum atomic E-state index is 13.4. The highest BCUT2D eigenvalue weighted by atomic mass is 32.2. The third-order valence-corrected chi connectivity index (χ3v) is 2.35. The minimum absolute atomic E-state index is 0.114. The largest absolute Gasteiger partial charge is 0.768 e. The normalized spacial score (nSPS) is 14.2. The summed E-state index contributed by atoms with van der Waals surface area (Å²) in [6.45, 7) is 2.78. The molecule has 0 N–H and O–H groups in total. The summed E-state index contributed by atoms with van der Waals surface area (Å²) in [4.78, 5) is 0.114. The van der Waals surface area contributed by atoms with Crippen LogP contribution in [0.4, 0.5) is 4.39 Å². The van der Waals surface area contributed by atoms with Crippen molar-refractivity contribution in [3.8, 4) is 0 Å². The van der Waals surface area contributed by atoms with Gasteiger partial charge in [0.25, 0.3) is 0 Å². The number of hydrogen-bond acceptors (Lipinski definition) is 2. The van der Waals surface area contributed by atoms with E-state index in [2.05, 4.69) is 0 Å². The lowest BCUT2D eigenvalue weighted by Gasteiger charge is -2.16. The van der Waals surface area contributed by atoms with Crippen molar-refractivity contribution in [3.63, 3.8) is 0 Å². The van der Waals surface area contributed by atoms with Crippen molar-refractivity contribution in [3.05, 3.63) is 29.8 Å². The first-order chi connectivity index (χ1) is 5.91. The number of benzene rings is 1. The van der Waals surface area contributed by atoms with Gasteiger partial charge in [-0.05, 0) is 42.6 Å². The van der Waals surface area contributed by atoms with Gasteiger partial charge in [-0.1, -0.05) is 12.1 Å². The minimum Gasteiger partial charge on any atom is -0.768 e. The van der Waals surface area contributed by atoms with Crippen LogP contribution in [0.1, 0.15) is 19.4 Å². The van der Waals surface area contributed by atoms with Gasteiger partial charge in [0, 0.05) is 4.90 Å². The Morgan fingerprint density at radius 1 is 1.46 bits per heavy atom. The smallest absolute Gasteiger partial charge is 0.130 e. The topological polar surface area (TPSA) is 40.1 Å². The lowest BCUT2D eigenvalue weighted by atomic mass is 10.0. The van der Waals surface area contributed by atoms with E-state index < -0.39 is 16.7 Å². The monoisotopic (exact) mass is 201 g/mol. The van der Waals surface area contributed by atoms with Crippen molar-refractivity contribution in [1.82, 2.24) is 0 Å². The molecule has 0 aliphatic rings. The van der Waals surface area contributed by atoms with Crippen molar-refractivity contribution < 1.29 is 13.2 Å². The maximum Gasteiger partial charge on any atom is 0.130 e. The third-order valence-electron chi connectivity index (χ3n) is 1.71. The molecule has 0 aliphatic carbocycles. The van der Waals surface area contributed by atoms with Crippen molar-refractivity contribution in [2.75, 3.05) is 0 Å². The van der Waals surface area contributed by atoms with E-state index in [4.69, 9.17) is 0 Å². The van der Waals surface area contributed by atoms with Gasteiger partial charge in [0.05, 0.1) is 0 Å². The van der Waals surface area contributed by atoms with Crippen LogP contribution in [0.25, 0.3) is 0 Å². The van der Waals surface area contributed by atoms with E-state index in [0.717, 1.165) is 0 Å². The SMILES string of the molecule is CC(C)(F)c1cccc(S(=O)[O-])c1. The lowest BCUT2D eigenvalue weighted by Crippen LogP contribution is -2.09. The predicted molar refractivity (Wildman–Crippen MR) is 47.8 cm³/mol. The van der Waals surface area contributed by atoms with Gasteiger partial charge in [-0.2, -0.15) is 0 Å². The van der Waals surface area contributed by atoms with Crippen molar-refractivity contribution >= 4 is 11.1 Å². The molecule has 0 fully saturated rings. The summed E-state index contributed by atoms with van der Waals surface area (Å²) in [5.41, 5.74) is -1.13. The molecule has 0 saturated heterocycles. The summed E-state index contributed by atoms with van der Waals surface area (Å²) in [7, 11) is 0. The van der Waals surface area contributed by atoms with Crippen LogP contribution in [0.3, 0.4) is 0 Å². The molecule has 0 aliphatic heterocycles. The molecule has 0 heterocycles. The van der Waals surface area contributed by atoms with E-state index >= 15 is 0 Å². The zero-order valence-electron chi connectivity index (χ0n) is 7.41. The second-order valence-electron chi connectivity index (χ2n) is 3.23. The molecule has 0 saturated carbocycles. The lowest BCUT2D eigenvalue weighted by molar-refractivity contribution is 0.221. The quantitative estimate of drug-likeness (QED) is 0.688. The highest BCUT2D eigenvalue weighted by Crippen LogP contribution is 2.25. The maximum absolute atomic E-state index is 13.4. The fraction of sp³-hybridized carbons (Fsp3) is 0.333. The van der Waals surface area contributed by atoms with E-state index in [1.807, 2.05) is 0 Å². The third kappa shape index (κ3) is 2.60. The average molecular weight is 201 g/mol. The highest BCUT2D eigenvalue weighted by molar-refractivity contribution is 7.79. The molecule has 1 aromatic rings. The van der Waals surface area contributed by atoms with Crippen molar-refractivity contribution in [2.24, 2.45) is 0 Å². The van der Waals surface area contributed by atoms with E-state index in [0.29, 0.717) is 5.56 Å². The molecule has 0 aromatic heterocycles. The molecule has 0 spiro atoms. The fourth-order valence-corrected chi connectivity index (χ4v) is 1.38. The second kappa shape index (κ2) is 3.55. The Bertz CT molecular complexity index is 331. The van der Waals surface area contributed by atoms with Crippen LogP contribution >= 0.6 is 0 Å². The molecular formula is C9H10FO2S-. The molecule has 1 atom stereocenters. The standard InChI is InChI=1S/C9H11FO2S/c1-9(2,10)7-4-3-5-8(6-7)13(11)12/h3-6H,1-2H3,(H,11,12)/p-1. The minimum atomic E-state index is -2.29. The Kier molecular flexibility index (Phi) is 2.83. The average Bonchev–Trinajstić information content (AvgIpc) is 2.03. The molecule has 0 amide bonds. The zero-order valence-corrected chi connectivity index (χ0v) is 8.23. The van der Waals surface area contributed by atoms with Crippen LogP contribution in [-0.4, -0.2) is 8.76 Å². The predicted octanol–water partition coefficient (Wildman–Crippen LogP) is 2.13.